The number of ether oxygens (including phenoxy) is 1. The molecule has 0 aliphatic rings. The highest BCUT2D eigenvalue weighted by Gasteiger charge is 2.20. The third-order valence-electron chi connectivity index (χ3n) is 2.81. The highest BCUT2D eigenvalue weighted by molar-refractivity contribution is 6.37. The molecule has 0 saturated carbocycles. The van der Waals surface area contributed by atoms with E-state index in [-0.39, 0.29) is 0 Å². The molecule has 4 nitrogen and oxygen atoms in total. The van der Waals surface area contributed by atoms with Gasteiger partial charge in [0.2, 0.25) is 0 Å². The van der Waals surface area contributed by atoms with Crippen molar-refractivity contribution in [1.82, 2.24) is 4.90 Å². The van der Waals surface area contributed by atoms with Crippen molar-refractivity contribution in [2.24, 2.45) is 0 Å². The summed E-state index contributed by atoms with van der Waals surface area (Å²) in [5.41, 5.74) is 0. The molecule has 106 valence electrons. The van der Waals surface area contributed by atoms with Gasteiger partial charge in [0.15, 0.2) is 5.75 Å². The molecule has 1 unspecified atom stereocenters. The number of hydrogen-bond donors (Lipinski definition) is 1. The first-order chi connectivity index (χ1) is 8.97. The standard InChI is InChI=1S/C13H17Cl2NO3/c1-3-11(13(17)18)16(2)7-8-19-12-9(14)5-4-6-10(12)15/h4-6,11H,3,7-8H2,1-2H3,(H,17,18). The second kappa shape index (κ2) is 7.58. The number of benzene rings is 1. The number of likely N-dealkylation sites (N-methyl/N-ethyl adjacent to an activating group) is 1. The van der Waals surface area contributed by atoms with Crippen LogP contribution in [0.25, 0.3) is 0 Å². The lowest BCUT2D eigenvalue weighted by molar-refractivity contribution is -0.143. The van der Waals surface area contributed by atoms with E-state index in [1.165, 1.54) is 0 Å². The number of nitrogens with zero attached hydrogens (tertiary/aromatic N) is 1. The Balaban J connectivity index is 2.52. The van der Waals surface area contributed by atoms with Gasteiger partial charge >= 0.3 is 5.97 Å². The topological polar surface area (TPSA) is 49.8 Å². The second-order valence-corrected chi connectivity index (χ2v) is 4.96. The molecular formula is C13H17Cl2NO3. The second-order valence-electron chi connectivity index (χ2n) is 4.14. The summed E-state index contributed by atoms with van der Waals surface area (Å²) >= 11 is 11.9. The number of para-hydroxylation sites is 1. The van der Waals surface area contributed by atoms with Crippen LogP contribution in [0.3, 0.4) is 0 Å². The molecule has 0 bridgehead atoms. The van der Waals surface area contributed by atoms with Gasteiger partial charge in [-0.3, -0.25) is 9.69 Å². The summed E-state index contributed by atoms with van der Waals surface area (Å²) in [6, 6.07) is 4.61. The van der Waals surface area contributed by atoms with Gasteiger partial charge in [0.25, 0.3) is 0 Å². The van der Waals surface area contributed by atoms with Crippen molar-refractivity contribution in [3.05, 3.63) is 28.2 Å². The van der Waals surface area contributed by atoms with Gasteiger partial charge in [0.05, 0.1) is 10.0 Å². The van der Waals surface area contributed by atoms with Crippen molar-refractivity contribution in [2.45, 2.75) is 19.4 Å². The number of aliphatic carboxylic acids is 1. The quantitative estimate of drug-likeness (QED) is 0.840. The first-order valence-corrected chi connectivity index (χ1v) is 6.72. The Morgan fingerprint density at radius 1 is 1.42 bits per heavy atom. The number of hydrogen-bond acceptors (Lipinski definition) is 3. The zero-order valence-corrected chi connectivity index (χ0v) is 12.4. The third kappa shape index (κ3) is 4.56. The molecule has 0 aliphatic carbocycles. The largest absolute Gasteiger partial charge is 0.489 e. The van der Waals surface area contributed by atoms with Gasteiger partial charge < -0.3 is 9.84 Å². The Hall–Kier alpha value is -0.970. The fraction of sp³-hybridized carbons (Fsp3) is 0.462. The summed E-state index contributed by atoms with van der Waals surface area (Å²) in [6.45, 7) is 2.64. The summed E-state index contributed by atoms with van der Waals surface area (Å²) in [5, 5.41) is 9.91. The fourth-order valence-electron chi connectivity index (χ4n) is 1.74. The zero-order valence-electron chi connectivity index (χ0n) is 10.9. The summed E-state index contributed by atoms with van der Waals surface area (Å²) < 4.78 is 5.51. The molecule has 0 aromatic heterocycles. The summed E-state index contributed by atoms with van der Waals surface area (Å²) in [5.74, 6) is -0.400. The fourth-order valence-corrected chi connectivity index (χ4v) is 2.25. The van der Waals surface area contributed by atoms with Crippen LogP contribution in [-0.4, -0.2) is 42.2 Å². The number of carbonyl (C=O) groups is 1. The molecule has 0 heterocycles. The molecule has 0 spiro atoms. The van der Waals surface area contributed by atoms with Gasteiger partial charge in [-0.2, -0.15) is 0 Å². The molecule has 0 amide bonds. The maximum Gasteiger partial charge on any atom is 0.320 e. The van der Waals surface area contributed by atoms with E-state index in [4.69, 9.17) is 33.0 Å². The van der Waals surface area contributed by atoms with E-state index >= 15 is 0 Å². The molecule has 1 N–H and O–H groups in total. The van der Waals surface area contributed by atoms with Crippen molar-refractivity contribution in [3.8, 4) is 5.75 Å². The first kappa shape index (κ1) is 16.1. The molecule has 0 saturated heterocycles. The average molecular weight is 306 g/mol. The van der Waals surface area contributed by atoms with Crippen LogP contribution < -0.4 is 4.74 Å². The summed E-state index contributed by atoms with van der Waals surface area (Å²) in [7, 11) is 1.75. The minimum atomic E-state index is -0.833. The zero-order chi connectivity index (χ0) is 14.4. The SMILES string of the molecule is CCC(C(=O)O)N(C)CCOc1c(Cl)cccc1Cl. The van der Waals surface area contributed by atoms with E-state index in [0.717, 1.165) is 0 Å². The molecule has 1 aromatic carbocycles. The van der Waals surface area contributed by atoms with E-state index in [0.29, 0.717) is 35.4 Å². The Kier molecular flexibility index (Phi) is 6.42. The Labute approximate surface area is 122 Å². The van der Waals surface area contributed by atoms with Gasteiger partial charge in [0.1, 0.15) is 12.6 Å². The van der Waals surface area contributed by atoms with Gasteiger partial charge in [-0.25, -0.2) is 0 Å². The smallest absolute Gasteiger partial charge is 0.320 e. The van der Waals surface area contributed by atoms with Gasteiger partial charge in [-0.05, 0) is 25.6 Å². The monoisotopic (exact) mass is 305 g/mol. The van der Waals surface area contributed by atoms with Gasteiger partial charge in [-0.15, -0.1) is 0 Å². The number of carboxylic acids is 1. The highest BCUT2D eigenvalue weighted by Crippen LogP contribution is 2.32. The predicted molar refractivity (Wildman–Crippen MR) is 76.3 cm³/mol. The molecule has 0 radical (unpaired) electrons. The van der Waals surface area contributed by atoms with Crippen molar-refractivity contribution in [3.63, 3.8) is 0 Å². The molecule has 1 atom stereocenters. The van der Waals surface area contributed by atoms with Crippen LogP contribution in [0.15, 0.2) is 18.2 Å². The van der Waals surface area contributed by atoms with E-state index in [1.807, 2.05) is 6.92 Å². The average Bonchev–Trinajstić information content (AvgIpc) is 2.33. The lowest BCUT2D eigenvalue weighted by Crippen LogP contribution is -2.40. The van der Waals surface area contributed by atoms with E-state index in [1.54, 1.807) is 30.1 Å². The van der Waals surface area contributed by atoms with E-state index < -0.39 is 12.0 Å². The van der Waals surface area contributed by atoms with Crippen LogP contribution in [0.2, 0.25) is 10.0 Å². The molecule has 19 heavy (non-hydrogen) atoms. The number of rotatable bonds is 7. The lowest BCUT2D eigenvalue weighted by atomic mass is 10.2. The number of carboxylic acid groups (broad SMARTS) is 1. The van der Waals surface area contributed by atoms with Crippen molar-refractivity contribution < 1.29 is 14.6 Å². The Morgan fingerprint density at radius 3 is 2.47 bits per heavy atom. The Morgan fingerprint density at radius 2 is 2.00 bits per heavy atom. The van der Waals surface area contributed by atoms with Crippen LogP contribution >= 0.6 is 23.2 Å². The maximum atomic E-state index is 11.0. The predicted octanol–water partition coefficient (Wildman–Crippen LogP) is 3.17. The molecule has 0 fully saturated rings. The van der Waals surface area contributed by atoms with Crippen molar-refractivity contribution in [1.29, 1.82) is 0 Å². The summed E-state index contributed by atoms with van der Waals surface area (Å²) in [4.78, 5) is 12.7. The van der Waals surface area contributed by atoms with Gasteiger partial charge in [0, 0.05) is 6.54 Å². The molecule has 1 aromatic rings. The molecule has 1 rings (SSSR count). The van der Waals surface area contributed by atoms with Crippen molar-refractivity contribution >= 4 is 29.2 Å². The molecule has 6 heteroatoms. The molecular weight excluding hydrogens is 289 g/mol. The van der Waals surface area contributed by atoms with E-state index in [2.05, 4.69) is 0 Å². The van der Waals surface area contributed by atoms with E-state index in [9.17, 15) is 4.79 Å². The minimum Gasteiger partial charge on any atom is -0.489 e. The van der Waals surface area contributed by atoms with Crippen LogP contribution in [0.5, 0.6) is 5.75 Å². The third-order valence-corrected chi connectivity index (χ3v) is 3.41. The van der Waals surface area contributed by atoms with Gasteiger partial charge in [-0.1, -0.05) is 36.2 Å². The lowest BCUT2D eigenvalue weighted by Gasteiger charge is -2.23. The maximum absolute atomic E-state index is 11.0. The highest BCUT2D eigenvalue weighted by atomic mass is 35.5. The number of halogens is 2. The first-order valence-electron chi connectivity index (χ1n) is 5.97. The summed E-state index contributed by atoms with van der Waals surface area (Å²) in [6.07, 6.45) is 0.540. The normalized spacial score (nSPS) is 12.5. The Bertz CT molecular complexity index is 420. The van der Waals surface area contributed by atoms with Crippen LogP contribution in [0.1, 0.15) is 13.3 Å². The van der Waals surface area contributed by atoms with Crippen LogP contribution in [0.4, 0.5) is 0 Å². The van der Waals surface area contributed by atoms with Crippen LogP contribution in [-0.2, 0) is 4.79 Å². The van der Waals surface area contributed by atoms with Crippen molar-refractivity contribution in [2.75, 3.05) is 20.2 Å². The van der Waals surface area contributed by atoms with Crippen LogP contribution in [0, 0.1) is 0 Å². The molecule has 0 aliphatic heterocycles. The minimum absolute atomic E-state index is 0.323.